The number of benzene rings is 1. The van der Waals surface area contributed by atoms with Gasteiger partial charge in [-0.1, -0.05) is 24.6 Å². The first-order valence-corrected chi connectivity index (χ1v) is 10.1. The van der Waals surface area contributed by atoms with Gasteiger partial charge in [0.25, 0.3) is 5.91 Å². The third-order valence-corrected chi connectivity index (χ3v) is 5.47. The zero-order valence-corrected chi connectivity index (χ0v) is 16.7. The van der Waals surface area contributed by atoms with Gasteiger partial charge >= 0.3 is 0 Å². The first kappa shape index (κ1) is 19.3. The number of hydrogen-bond acceptors (Lipinski definition) is 5. The lowest BCUT2D eigenvalue weighted by Crippen LogP contribution is -2.30. The lowest BCUT2D eigenvalue weighted by atomic mass is 10.1. The summed E-state index contributed by atoms with van der Waals surface area (Å²) in [6, 6.07) is 7.98. The second-order valence-electron chi connectivity index (χ2n) is 7.53. The molecule has 1 aliphatic heterocycles. The maximum atomic E-state index is 12.8. The molecule has 0 saturated carbocycles. The molecule has 1 aliphatic rings. The summed E-state index contributed by atoms with van der Waals surface area (Å²) in [7, 11) is 0. The van der Waals surface area contributed by atoms with Crippen molar-refractivity contribution < 1.29 is 4.79 Å². The fourth-order valence-electron chi connectivity index (χ4n) is 4.12. The van der Waals surface area contributed by atoms with E-state index in [2.05, 4.69) is 44.6 Å². The molecular weight excluding hydrogens is 364 g/mol. The van der Waals surface area contributed by atoms with Crippen molar-refractivity contribution in [3.8, 4) is 0 Å². The molecule has 0 radical (unpaired) electrons. The number of aryl methyl sites for hydroxylation is 1. The lowest BCUT2D eigenvalue weighted by molar-refractivity contribution is 0.102. The summed E-state index contributed by atoms with van der Waals surface area (Å²) >= 11 is 0. The number of carbonyl (C=O) groups is 1. The predicted octanol–water partition coefficient (Wildman–Crippen LogP) is 3.60. The van der Waals surface area contributed by atoms with Gasteiger partial charge in [0.05, 0.1) is 29.0 Å². The number of likely N-dealkylation sites (tertiary alicyclic amines) is 1. The third-order valence-electron chi connectivity index (χ3n) is 5.47. The molecule has 0 aliphatic carbocycles. The van der Waals surface area contributed by atoms with E-state index in [9.17, 15) is 4.79 Å². The number of carbonyl (C=O) groups excluding carboxylic acids is 1. The molecular formula is C22H26N6O. The molecule has 4 rings (SSSR count). The molecule has 29 heavy (non-hydrogen) atoms. The number of fused-ring (bicyclic) bond motifs is 1. The number of nitrogens with zero attached hydrogens (tertiary/aromatic N) is 5. The first-order chi connectivity index (χ1) is 14.2. The molecule has 0 spiro atoms. The van der Waals surface area contributed by atoms with Crippen molar-refractivity contribution in [3.63, 3.8) is 0 Å². The fourth-order valence-corrected chi connectivity index (χ4v) is 4.12. The molecule has 150 valence electrons. The average molecular weight is 390 g/mol. The van der Waals surface area contributed by atoms with E-state index >= 15 is 0 Å². The smallest absolute Gasteiger partial charge is 0.259 e. The van der Waals surface area contributed by atoms with Crippen molar-refractivity contribution in [1.29, 1.82) is 0 Å². The van der Waals surface area contributed by atoms with Crippen molar-refractivity contribution in [2.75, 3.05) is 25.0 Å². The maximum absolute atomic E-state index is 12.8. The van der Waals surface area contributed by atoms with Gasteiger partial charge < -0.3 is 4.57 Å². The van der Waals surface area contributed by atoms with Gasteiger partial charge in [0.2, 0.25) is 5.95 Å². The highest BCUT2D eigenvalue weighted by molar-refractivity contribution is 6.04. The van der Waals surface area contributed by atoms with E-state index in [4.69, 9.17) is 4.98 Å². The third kappa shape index (κ3) is 4.05. The lowest BCUT2D eigenvalue weighted by Gasteiger charge is -2.26. The van der Waals surface area contributed by atoms with Gasteiger partial charge in [0, 0.05) is 19.1 Å². The zero-order valence-electron chi connectivity index (χ0n) is 16.7. The van der Waals surface area contributed by atoms with Crippen LogP contribution in [-0.2, 0) is 0 Å². The SMILES string of the molecule is C=CCN1CCCCC(n2c(NC(=O)c3ccnnc3)nc3cccc(C)c32)C1. The van der Waals surface area contributed by atoms with Crippen LogP contribution in [0.2, 0.25) is 0 Å². The Morgan fingerprint density at radius 1 is 1.31 bits per heavy atom. The molecule has 3 aromatic rings. The summed E-state index contributed by atoms with van der Waals surface area (Å²) < 4.78 is 2.22. The van der Waals surface area contributed by atoms with Crippen LogP contribution in [0.1, 0.15) is 41.2 Å². The number of amides is 1. The van der Waals surface area contributed by atoms with Crippen molar-refractivity contribution in [1.82, 2.24) is 24.6 Å². The molecule has 1 N–H and O–H groups in total. The van der Waals surface area contributed by atoms with Crippen LogP contribution in [0.4, 0.5) is 5.95 Å². The van der Waals surface area contributed by atoms with Gasteiger partial charge in [0.15, 0.2) is 0 Å². The summed E-state index contributed by atoms with van der Waals surface area (Å²) in [5, 5.41) is 10.6. The number of hydrogen-bond donors (Lipinski definition) is 1. The quantitative estimate of drug-likeness (QED) is 0.674. The number of para-hydroxylation sites is 1. The number of aromatic nitrogens is 4. The van der Waals surface area contributed by atoms with Gasteiger partial charge in [-0.3, -0.25) is 15.0 Å². The maximum Gasteiger partial charge on any atom is 0.259 e. The topological polar surface area (TPSA) is 75.9 Å². The Labute approximate surface area is 170 Å². The molecule has 1 aromatic carbocycles. The fraction of sp³-hybridized carbons (Fsp3) is 0.364. The molecule has 1 fully saturated rings. The van der Waals surface area contributed by atoms with Crippen LogP contribution in [0.15, 0.2) is 49.3 Å². The number of rotatable bonds is 5. The van der Waals surface area contributed by atoms with Crippen molar-refractivity contribution in [2.24, 2.45) is 0 Å². The summed E-state index contributed by atoms with van der Waals surface area (Å²) in [5.41, 5.74) is 3.60. The average Bonchev–Trinajstić information content (AvgIpc) is 2.94. The Bertz CT molecular complexity index is 1010. The number of imidazole rings is 1. The highest BCUT2D eigenvalue weighted by atomic mass is 16.1. The Kier molecular flexibility index (Phi) is 5.67. The highest BCUT2D eigenvalue weighted by Crippen LogP contribution is 2.32. The van der Waals surface area contributed by atoms with Crippen molar-refractivity contribution in [2.45, 2.75) is 32.2 Å². The van der Waals surface area contributed by atoms with Gasteiger partial charge in [-0.25, -0.2) is 4.98 Å². The van der Waals surface area contributed by atoms with Crippen LogP contribution in [-0.4, -0.2) is 50.2 Å². The summed E-state index contributed by atoms with van der Waals surface area (Å²) in [6.07, 6.45) is 8.29. The molecule has 1 saturated heterocycles. The van der Waals surface area contributed by atoms with E-state index in [0.29, 0.717) is 11.5 Å². The Hall–Kier alpha value is -3.06. The number of anilines is 1. The summed E-state index contributed by atoms with van der Waals surface area (Å²) in [5.74, 6) is 0.354. The molecule has 1 atom stereocenters. The molecule has 0 bridgehead atoms. The monoisotopic (exact) mass is 390 g/mol. The molecule has 1 unspecified atom stereocenters. The second kappa shape index (κ2) is 8.53. The van der Waals surface area contributed by atoms with Crippen LogP contribution in [0.3, 0.4) is 0 Å². The Balaban J connectivity index is 1.75. The summed E-state index contributed by atoms with van der Waals surface area (Å²) in [4.78, 5) is 20.0. The molecule has 1 amide bonds. The van der Waals surface area contributed by atoms with E-state index in [0.717, 1.165) is 49.1 Å². The van der Waals surface area contributed by atoms with Crippen LogP contribution >= 0.6 is 0 Å². The Morgan fingerprint density at radius 3 is 3.00 bits per heavy atom. The van der Waals surface area contributed by atoms with Crippen LogP contribution in [0.25, 0.3) is 11.0 Å². The minimum atomic E-state index is -0.231. The second-order valence-corrected chi connectivity index (χ2v) is 7.53. The summed E-state index contributed by atoms with van der Waals surface area (Å²) in [6.45, 7) is 8.84. The van der Waals surface area contributed by atoms with Gasteiger partial charge in [-0.05, 0) is 44.0 Å². The van der Waals surface area contributed by atoms with Crippen LogP contribution < -0.4 is 5.32 Å². The van der Waals surface area contributed by atoms with Gasteiger partial charge in [0.1, 0.15) is 0 Å². The zero-order chi connectivity index (χ0) is 20.2. The molecule has 7 heteroatoms. The molecule has 7 nitrogen and oxygen atoms in total. The number of nitrogens with one attached hydrogen (secondary N) is 1. The minimum Gasteiger partial charge on any atom is -0.305 e. The van der Waals surface area contributed by atoms with Crippen LogP contribution in [0, 0.1) is 6.92 Å². The van der Waals surface area contributed by atoms with Gasteiger partial charge in [-0.2, -0.15) is 10.2 Å². The van der Waals surface area contributed by atoms with E-state index in [1.165, 1.54) is 18.8 Å². The predicted molar refractivity (Wildman–Crippen MR) is 114 cm³/mol. The molecule has 3 heterocycles. The van der Waals surface area contributed by atoms with E-state index < -0.39 is 0 Å². The minimum absolute atomic E-state index is 0.231. The normalized spacial score (nSPS) is 17.8. The largest absolute Gasteiger partial charge is 0.305 e. The highest BCUT2D eigenvalue weighted by Gasteiger charge is 2.25. The van der Waals surface area contributed by atoms with E-state index in [1.54, 1.807) is 6.07 Å². The van der Waals surface area contributed by atoms with Crippen molar-refractivity contribution in [3.05, 3.63) is 60.4 Å². The first-order valence-electron chi connectivity index (χ1n) is 10.1. The standard InChI is InChI=1S/C22H26N6O/c1-3-12-27-13-5-4-8-18(15-27)28-20-16(2)7-6-9-19(20)25-22(28)26-21(29)17-10-11-23-24-14-17/h3,6-7,9-11,14,18H,1,4-5,8,12-13,15H2,2H3,(H,25,26,29). The Morgan fingerprint density at radius 2 is 2.21 bits per heavy atom. The van der Waals surface area contributed by atoms with E-state index in [1.807, 2.05) is 18.2 Å². The van der Waals surface area contributed by atoms with Crippen LogP contribution in [0.5, 0.6) is 0 Å². The van der Waals surface area contributed by atoms with Crippen molar-refractivity contribution >= 4 is 22.9 Å². The van der Waals surface area contributed by atoms with E-state index in [-0.39, 0.29) is 11.9 Å². The molecule has 2 aromatic heterocycles. The van der Waals surface area contributed by atoms with Gasteiger partial charge in [-0.15, -0.1) is 6.58 Å².